The second-order valence-corrected chi connectivity index (χ2v) is 8.12. The van der Waals surface area contributed by atoms with E-state index in [4.69, 9.17) is 21.4 Å². The van der Waals surface area contributed by atoms with Crippen LogP contribution in [0.4, 0.5) is 0 Å². The fraction of sp³-hybridized carbons (Fsp3) is 0.348. The monoisotopic (exact) mass is 411 g/mol. The number of halogens is 1. The zero-order valence-electron chi connectivity index (χ0n) is 16.8. The molecule has 6 heteroatoms. The number of hydrogen-bond donors (Lipinski definition) is 1. The molecule has 1 atom stereocenters. The Hall–Kier alpha value is -2.34. The van der Waals surface area contributed by atoms with Crippen LogP contribution in [-0.4, -0.2) is 38.5 Å². The summed E-state index contributed by atoms with van der Waals surface area (Å²) in [6, 6.07) is 17.9. The highest BCUT2D eigenvalue weighted by Gasteiger charge is 2.32. The van der Waals surface area contributed by atoms with Gasteiger partial charge in [0, 0.05) is 24.2 Å². The minimum atomic E-state index is -0.374. The van der Waals surface area contributed by atoms with Crippen molar-refractivity contribution in [1.82, 2.24) is 14.7 Å². The molecule has 0 radical (unpaired) electrons. The average molecular weight is 412 g/mol. The third-order valence-electron chi connectivity index (χ3n) is 5.09. The van der Waals surface area contributed by atoms with Gasteiger partial charge in [0.15, 0.2) is 0 Å². The van der Waals surface area contributed by atoms with Gasteiger partial charge in [0.25, 0.3) is 0 Å². The van der Waals surface area contributed by atoms with Gasteiger partial charge in [-0.05, 0) is 63.1 Å². The van der Waals surface area contributed by atoms with E-state index in [2.05, 4.69) is 4.90 Å². The molecule has 1 N–H and O–H groups in total. The number of hydrogen-bond acceptors (Lipinski definition) is 4. The maximum atomic E-state index is 9.95. The Morgan fingerprint density at radius 2 is 1.86 bits per heavy atom. The van der Waals surface area contributed by atoms with E-state index >= 15 is 0 Å². The molecule has 0 saturated heterocycles. The maximum absolute atomic E-state index is 9.95. The molecule has 0 spiro atoms. The molecule has 1 aliphatic carbocycles. The highest BCUT2D eigenvalue weighted by Crippen LogP contribution is 2.35. The molecule has 29 heavy (non-hydrogen) atoms. The molecule has 0 bridgehead atoms. The van der Waals surface area contributed by atoms with E-state index in [0.29, 0.717) is 35.8 Å². The van der Waals surface area contributed by atoms with Gasteiger partial charge in [0.1, 0.15) is 5.75 Å². The normalized spacial score (nSPS) is 14.9. The Labute approximate surface area is 176 Å². The van der Waals surface area contributed by atoms with Crippen LogP contribution in [0.2, 0.25) is 5.02 Å². The first kappa shape index (κ1) is 20.0. The number of aryl methyl sites for hydroxylation is 1. The highest BCUT2D eigenvalue weighted by molar-refractivity contribution is 6.30. The minimum absolute atomic E-state index is 0.374. The number of rotatable bonds is 8. The molecule has 1 heterocycles. The topological polar surface area (TPSA) is 50.5 Å². The molecular weight excluding hydrogens is 386 g/mol. The fourth-order valence-electron chi connectivity index (χ4n) is 3.51. The third kappa shape index (κ3) is 4.81. The van der Waals surface area contributed by atoms with Crippen LogP contribution in [0.3, 0.4) is 0 Å². The summed E-state index contributed by atoms with van der Waals surface area (Å²) in [6.07, 6.45) is 1.97. The Kier molecular flexibility index (Phi) is 5.90. The predicted molar refractivity (Wildman–Crippen MR) is 115 cm³/mol. The van der Waals surface area contributed by atoms with Gasteiger partial charge in [-0.15, -0.1) is 0 Å². The zero-order chi connectivity index (χ0) is 20.4. The summed E-state index contributed by atoms with van der Waals surface area (Å²) in [7, 11) is 0. The van der Waals surface area contributed by atoms with Crippen LogP contribution in [0.15, 0.2) is 54.6 Å². The first-order chi connectivity index (χ1) is 14.0. The summed E-state index contributed by atoms with van der Waals surface area (Å²) >= 11 is 6.03. The van der Waals surface area contributed by atoms with Crippen molar-refractivity contribution in [1.29, 1.82) is 0 Å². The smallest absolute Gasteiger partial charge is 0.227 e. The molecule has 2 aromatic carbocycles. The number of para-hydroxylation sites is 1. The molecule has 1 saturated carbocycles. The van der Waals surface area contributed by atoms with Crippen LogP contribution in [-0.2, 0) is 6.54 Å². The van der Waals surface area contributed by atoms with Gasteiger partial charge in [0.2, 0.25) is 5.88 Å². The summed E-state index contributed by atoms with van der Waals surface area (Å²) in [5.41, 5.74) is 2.91. The predicted octanol–water partition coefficient (Wildman–Crippen LogP) is 4.97. The number of aliphatic hydroxyl groups excluding tert-OH is 1. The Bertz CT molecular complexity index is 950. The standard InChI is InChI=1S/C23H26ClN3O2/c1-16(28)14-26(19-10-11-19)15-22-17(2)25-27(20-6-4-3-5-7-20)23(22)29-21-12-8-18(24)9-13-21/h3-9,12-13,16,19,28H,10-11,14-15H2,1-2H3/t16-/m1/s1. The van der Waals surface area contributed by atoms with Crippen LogP contribution in [0.1, 0.15) is 31.0 Å². The van der Waals surface area contributed by atoms with Gasteiger partial charge in [-0.2, -0.15) is 5.10 Å². The molecule has 152 valence electrons. The lowest BCUT2D eigenvalue weighted by molar-refractivity contribution is 0.117. The highest BCUT2D eigenvalue weighted by atomic mass is 35.5. The van der Waals surface area contributed by atoms with Crippen molar-refractivity contribution in [2.75, 3.05) is 6.54 Å². The first-order valence-electron chi connectivity index (χ1n) is 10.0. The van der Waals surface area contributed by atoms with Crippen LogP contribution < -0.4 is 4.74 Å². The van der Waals surface area contributed by atoms with Crippen LogP contribution in [0.25, 0.3) is 5.69 Å². The van der Waals surface area contributed by atoms with E-state index in [1.165, 1.54) is 12.8 Å². The van der Waals surface area contributed by atoms with Crippen molar-refractivity contribution in [2.45, 2.75) is 45.4 Å². The number of benzene rings is 2. The summed E-state index contributed by atoms with van der Waals surface area (Å²) in [5.74, 6) is 1.41. The van der Waals surface area contributed by atoms with Gasteiger partial charge in [-0.25, -0.2) is 4.68 Å². The molecular formula is C23H26ClN3O2. The Morgan fingerprint density at radius 1 is 1.17 bits per heavy atom. The van der Waals surface area contributed by atoms with Crippen LogP contribution in [0.5, 0.6) is 11.6 Å². The molecule has 0 amide bonds. The van der Waals surface area contributed by atoms with Crippen molar-refractivity contribution in [3.63, 3.8) is 0 Å². The fourth-order valence-corrected chi connectivity index (χ4v) is 3.63. The van der Waals surface area contributed by atoms with Gasteiger partial charge in [-0.3, -0.25) is 4.90 Å². The van der Waals surface area contributed by atoms with Crippen molar-refractivity contribution in [3.8, 4) is 17.3 Å². The molecule has 1 aliphatic rings. The summed E-state index contributed by atoms with van der Waals surface area (Å²) in [5, 5.41) is 15.4. The van der Waals surface area contributed by atoms with Gasteiger partial charge >= 0.3 is 0 Å². The Morgan fingerprint density at radius 3 is 2.48 bits per heavy atom. The van der Waals surface area contributed by atoms with Crippen LogP contribution in [0, 0.1) is 6.92 Å². The summed E-state index contributed by atoms with van der Waals surface area (Å²) in [6.45, 7) is 5.18. The van der Waals surface area contributed by atoms with Gasteiger partial charge in [0.05, 0.1) is 23.0 Å². The van der Waals surface area contributed by atoms with Crippen molar-refractivity contribution >= 4 is 11.6 Å². The lowest BCUT2D eigenvalue weighted by atomic mass is 10.2. The molecule has 4 rings (SSSR count). The first-order valence-corrected chi connectivity index (χ1v) is 10.4. The summed E-state index contributed by atoms with van der Waals surface area (Å²) < 4.78 is 8.18. The van der Waals surface area contributed by atoms with Crippen LogP contribution >= 0.6 is 11.6 Å². The van der Waals surface area contributed by atoms with E-state index in [1.54, 1.807) is 0 Å². The minimum Gasteiger partial charge on any atom is -0.439 e. The molecule has 3 aromatic rings. The Balaban J connectivity index is 1.73. The van der Waals surface area contributed by atoms with Crippen molar-refractivity contribution in [2.24, 2.45) is 0 Å². The zero-order valence-corrected chi connectivity index (χ0v) is 17.5. The van der Waals surface area contributed by atoms with E-state index < -0.39 is 0 Å². The van der Waals surface area contributed by atoms with Crippen molar-refractivity contribution in [3.05, 3.63) is 70.9 Å². The number of ether oxygens (including phenoxy) is 1. The number of aliphatic hydroxyl groups is 1. The van der Waals surface area contributed by atoms with Crippen molar-refractivity contribution < 1.29 is 9.84 Å². The largest absolute Gasteiger partial charge is 0.439 e. The number of nitrogens with zero attached hydrogens (tertiary/aromatic N) is 3. The van der Waals surface area contributed by atoms with E-state index in [9.17, 15) is 5.11 Å². The lowest BCUT2D eigenvalue weighted by Crippen LogP contribution is -2.32. The number of aromatic nitrogens is 2. The molecule has 1 aromatic heterocycles. The van der Waals surface area contributed by atoms with Gasteiger partial charge in [-0.1, -0.05) is 29.8 Å². The quantitative estimate of drug-likeness (QED) is 0.568. The second-order valence-electron chi connectivity index (χ2n) is 7.68. The van der Waals surface area contributed by atoms with E-state index in [0.717, 1.165) is 16.9 Å². The molecule has 5 nitrogen and oxygen atoms in total. The van der Waals surface area contributed by atoms with Gasteiger partial charge < -0.3 is 9.84 Å². The van der Waals surface area contributed by atoms with E-state index in [-0.39, 0.29) is 6.10 Å². The SMILES string of the molecule is Cc1nn(-c2ccccc2)c(Oc2ccc(Cl)cc2)c1CN(C[C@@H](C)O)C1CC1. The second kappa shape index (κ2) is 8.57. The summed E-state index contributed by atoms with van der Waals surface area (Å²) in [4.78, 5) is 2.33. The molecule has 0 unspecified atom stereocenters. The third-order valence-corrected chi connectivity index (χ3v) is 5.34. The molecule has 0 aliphatic heterocycles. The lowest BCUT2D eigenvalue weighted by Gasteiger charge is -2.24. The van der Waals surface area contributed by atoms with E-state index in [1.807, 2.05) is 73.1 Å². The average Bonchev–Trinajstić information content (AvgIpc) is 3.51. The molecule has 1 fully saturated rings. The maximum Gasteiger partial charge on any atom is 0.227 e.